The fourth-order valence-electron chi connectivity index (χ4n) is 1.94. The van der Waals surface area contributed by atoms with Crippen molar-refractivity contribution in [3.63, 3.8) is 0 Å². The molecule has 0 bridgehead atoms. The van der Waals surface area contributed by atoms with Gasteiger partial charge in [-0.25, -0.2) is 4.39 Å². The Kier molecular flexibility index (Phi) is 6.37. The molecule has 1 nitrogen and oxygen atoms in total. The van der Waals surface area contributed by atoms with Gasteiger partial charge in [0.05, 0.1) is 5.02 Å². The van der Waals surface area contributed by atoms with Crippen LogP contribution >= 0.6 is 35.0 Å². The Morgan fingerprint density at radius 2 is 1.86 bits per heavy atom. The molecule has 0 amide bonds. The Hall–Kier alpha value is -0.740. The van der Waals surface area contributed by atoms with Gasteiger partial charge in [0.1, 0.15) is 5.82 Å². The van der Waals surface area contributed by atoms with Crippen molar-refractivity contribution in [3.8, 4) is 0 Å². The molecule has 1 N–H and O–H groups in total. The van der Waals surface area contributed by atoms with E-state index in [2.05, 4.69) is 5.32 Å². The fourth-order valence-corrected chi connectivity index (χ4v) is 3.28. The van der Waals surface area contributed by atoms with Gasteiger partial charge < -0.3 is 5.32 Å². The number of likely N-dealkylation sites (N-methyl/N-ethyl adjacent to an activating group) is 1. The minimum atomic E-state index is -0.366. The van der Waals surface area contributed by atoms with Crippen LogP contribution in [0.2, 0.25) is 10.0 Å². The predicted molar refractivity (Wildman–Crippen MR) is 90.1 cm³/mol. The zero-order chi connectivity index (χ0) is 15.2. The van der Waals surface area contributed by atoms with Crippen molar-refractivity contribution in [1.82, 2.24) is 5.32 Å². The zero-order valence-electron chi connectivity index (χ0n) is 11.6. The third-order valence-corrected chi connectivity index (χ3v) is 5.02. The molecule has 112 valence electrons. The van der Waals surface area contributed by atoms with Crippen LogP contribution in [-0.4, -0.2) is 18.8 Å². The van der Waals surface area contributed by atoms with Gasteiger partial charge in [-0.15, -0.1) is 11.8 Å². The molecule has 2 aromatic carbocycles. The first-order valence-electron chi connectivity index (χ1n) is 6.58. The lowest BCUT2D eigenvalue weighted by molar-refractivity contribution is 0.603. The van der Waals surface area contributed by atoms with Gasteiger partial charge in [0, 0.05) is 21.7 Å². The Morgan fingerprint density at radius 3 is 2.52 bits per heavy atom. The van der Waals surface area contributed by atoms with Gasteiger partial charge in [-0.2, -0.15) is 0 Å². The normalized spacial score (nSPS) is 12.4. The summed E-state index contributed by atoms with van der Waals surface area (Å²) < 4.78 is 13.5. The molecule has 0 heterocycles. The van der Waals surface area contributed by atoms with Gasteiger partial charge in [-0.1, -0.05) is 35.3 Å². The first kappa shape index (κ1) is 16.6. The fraction of sp³-hybridized carbons (Fsp3) is 0.250. The van der Waals surface area contributed by atoms with Crippen LogP contribution in [0.25, 0.3) is 0 Å². The minimum absolute atomic E-state index is 0.213. The molecule has 0 saturated heterocycles. The molecule has 0 spiro atoms. The predicted octanol–water partition coefficient (Wildman–Crippen LogP) is 5.06. The summed E-state index contributed by atoms with van der Waals surface area (Å²) in [7, 11) is 1.90. The maximum atomic E-state index is 13.5. The second-order valence-corrected chi connectivity index (χ2v) is 6.58. The van der Waals surface area contributed by atoms with Crippen molar-refractivity contribution in [2.24, 2.45) is 0 Å². The average Bonchev–Trinajstić information content (AvgIpc) is 2.49. The summed E-state index contributed by atoms with van der Waals surface area (Å²) in [6, 6.07) is 12.9. The smallest absolute Gasteiger partial charge is 0.142 e. The molecule has 0 fully saturated rings. The molecule has 0 saturated carbocycles. The molecule has 1 atom stereocenters. The van der Waals surface area contributed by atoms with Crippen LogP contribution in [0.4, 0.5) is 4.39 Å². The van der Waals surface area contributed by atoms with E-state index in [1.807, 2.05) is 37.4 Å². The molecule has 2 rings (SSSR count). The van der Waals surface area contributed by atoms with E-state index in [9.17, 15) is 4.39 Å². The maximum absolute atomic E-state index is 13.5. The summed E-state index contributed by atoms with van der Waals surface area (Å²) in [6.45, 7) is 0. The number of thioether (sulfide) groups is 1. The molecule has 21 heavy (non-hydrogen) atoms. The zero-order valence-corrected chi connectivity index (χ0v) is 13.9. The van der Waals surface area contributed by atoms with Gasteiger partial charge in [-0.05, 0) is 49.4 Å². The van der Waals surface area contributed by atoms with E-state index in [0.29, 0.717) is 6.42 Å². The molecular weight excluding hydrogens is 328 g/mol. The standard InChI is InChI=1S/C16H16Cl2FNS/c1-20-13(9-11-3-2-4-15(19)16(11)18)10-21-14-7-5-12(17)6-8-14/h2-8,13,20H,9-10H2,1H3. The van der Waals surface area contributed by atoms with Crippen molar-refractivity contribution < 1.29 is 4.39 Å². The van der Waals surface area contributed by atoms with Crippen LogP contribution < -0.4 is 5.32 Å². The highest BCUT2D eigenvalue weighted by Crippen LogP contribution is 2.24. The Labute approximate surface area is 138 Å². The van der Waals surface area contributed by atoms with E-state index in [0.717, 1.165) is 21.2 Å². The Morgan fingerprint density at radius 1 is 1.14 bits per heavy atom. The second kappa shape index (κ2) is 8.04. The molecule has 5 heteroatoms. The van der Waals surface area contributed by atoms with Crippen LogP contribution in [0.15, 0.2) is 47.4 Å². The molecule has 2 aromatic rings. The van der Waals surface area contributed by atoms with Gasteiger partial charge in [-0.3, -0.25) is 0 Å². The third kappa shape index (κ3) is 4.89. The highest BCUT2D eigenvalue weighted by molar-refractivity contribution is 7.99. The molecule has 0 aliphatic rings. The number of benzene rings is 2. The summed E-state index contributed by atoms with van der Waals surface area (Å²) in [4.78, 5) is 1.16. The highest BCUT2D eigenvalue weighted by atomic mass is 35.5. The first-order chi connectivity index (χ1) is 10.1. The topological polar surface area (TPSA) is 12.0 Å². The van der Waals surface area contributed by atoms with Crippen molar-refractivity contribution in [3.05, 3.63) is 63.9 Å². The van der Waals surface area contributed by atoms with Gasteiger partial charge in [0.15, 0.2) is 0 Å². The summed E-state index contributed by atoms with van der Waals surface area (Å²) in [5.74, 6) is 0.500. The lowest BCUT2D eigenvalue weighted by atomic mass is 10.1. The minimum Gasteiger partial charge on any atom is -0.316 e. The third-order valence-electron chi connectivity index (χ3n) is 3.17. The SMILES string of the molecule is CNC(CSc1ccc(Cl)cc1)Cc1cccc(F)c1Cl. The maximum Gasteiger partial charge on any atom is 0.142 e. The molecule has 1 unspecified atom stereocenters. The van der Waals surface area contributed by atoms with E-state index in [4.69, 9.17) is 23.2 Å². The Bertz CT molecular complexity index is 589. The second-order valence-electron chi connectivity index (χ2n) is 4.67. The van der Waals surface area contributed by atoms with Crippen molar-refractivity contribution in [2.75, 3.05) is 12.8 Å². The van der Waals surface area contributed by atoms with E-state index in [1.165, 1.54) is 6.07 Å². The van der Waals surface area contributed by atoms with E-state index in [1.54, 1.807) is 17.8 Å². The average molecular weight is 344 g/mol. The molecule has 0 radical (unpaired) electrons. The number of hydrogen-bond donors (Lipinski definition) is 1. The van der Waals surface area contributed by atoms with Crippen LogP contribution in [0.3, 0.4) is 0 Å². The summed E-state index contributed by atoms with van der Waals surface area (Å²) in [6.07, 6.45) is 0.688. The molecule has 0 aliphatic carbocycles. The highest BCUT2D eigenvalue weighted by Gasteiger charge is 2.12. The molecule has 0 aromatic heterocycles. The van der Waals surface area contributed by atoms with Crippen LogP contribution in [-0.2, 0) is 6.42 Å². The van der Waals surface area contributed by atoms with Crippen molar-refractivity contribution in [1.29, 1.82) is 0 Å². The monoisotopic (exact) mass is 343 g/mol. The quantitative estimate of drug-likeness (QED) is 0.736. The number of halogens is 3. The number of nitrogens with one attached hydrogen (secondary N) is 1. The van der Waals surface area contributed by atoms with Crippen LogP contribution in [0.1, 0.15) is 5.56 Å². The van der Waals surface area contributed by atoms with Crippen LogP contribution in [0, 0.1) is 5.82 Å². The van der Waals surface area contributed by atoms with E-state index in [-0.39, 0.29) is 16.9 Å². The molecular formula is C16H16Cl2FNS. The Balaban J connectivity index is 1.97. The van der Waals surface area contributed by atoms with Gasteiger partial charge >= 0.3 is 0 Å². The van der Waals surface area contributed by atoms with E-state index < -0.39 is 0 Å². The summed E-state index contributed by atoms with van der Waals surface area (Å²) in [5, 5.41) is 4.20. The van der Waals surface area contributed by atoms with Gasteiger partial charge in [0.25, 0.3) is 0 Å². The number of hydrogen-bond acceptors (Lipinski definition) is 2. The largest absolute Gasteiger partial charge is 0.316 e. The first-order valence-corrected chi connectivity index (χ1v) is 8.33. The van der Waals surface area contributed by atoms with E-state index >= 15 is 0 Å². The van der Waals surface area contributed by atoms with Crippen molar-refractivity contribution >= 4 is 35.0 Å². The van der Waals surface area contributed by atoms with Crippen molar-refractivity contribution in [2.45, 2.75) is 17.4 Å². The summed E-state index contributed by atoms with van der Waals surface area (Å²) >= 11 is 13.6. The lowest BCUT2D eigenvalue weighted by Gasteiger charge is -2.17. The number of rotatable bonds is 6. The molecule has 0 aliphatic heterocycles. The van der Waals surface area contributed by atoms with Gasteiger partial charge in [0.2, 0.25) is 0 Å². The van der Waals surface area contributed by atoms with Crippen LogP contribution in [0.5, 0.6) is 0 Å². The lowest BCUT2D eigenvalue weighted by Crippen LogP contribution is -2.30. The summed E-state index contributed by atoms with van der Waals surface area (Å²) in [5.41, 5.74) is 0.827.